The zero-order valence-electron chi connectivity index (χ0n) is 14.5. The van der Waals surface area contributed by atoms with E-state index in [4.69, 9.17) is 0 Å². The predicted octanol–water partition coefficient (Wildman–Crippen LogP) is 4.82. The van der Waals surface area contributed by atoms with E-state index in [0.717, 1.165) is 39.1 Å². The molecule has 0 bridgehead atoms. The molecule has 3 nitrogen and oxygen atoms in total. The third-order valence-corrected chi connectivity index (χ3v) is 6.47. The van der Waals surface area contributed by atoms with Crippen molar-refractivity contribution >= 4 is 33.8 Å². The van der Waals surface area contributed by atoms with Gasteiger partial charge in [0.2, 0.25) is 0 Å². The zero-order valence-corrected chi connectivity index (χ0v) is 16.1. The molecule has 1 N–H and O–H groups in total. The van der Waals surface area contributed by atoms with E-state index in [2.05, 4.69) is 29.4 Å². The van der Waals surface area contributed by atoms with Crippen LogP contribution in [-0.4, -0.2) is 22.6 Å². The number of rotatable bonds is 5. The summed E-state index contributed by atoms with van der Waals surface area (Å²) < 4.78 is 1.13. The Labute approximate surface area is 157 Å². The molecule has 1 unspecified atom stereocenters. The smallest absolute Gasteiger partial charge is 0.252 e. The van der Waals surface area contributed by atoms with Crippen LogP contribution in [-0.2, 0) is 5.75 Å². The van der Waals surface area contributed by atoms with Gasteiger partial charge in [0, 0.05) is 17.1 Å². The predicted molar refractivity (Wildman–Crippen MR) is 110 cm³/mol. The summed E-state index contributed by atoms with van der Waals surface area (Å²) in [6, 6.07) is 16.0. The van der Waals surface area contributed by atoms with Crippen molar-refractivity contribution in [2.45, 2.75) is 25.6 Å². The fourth-order valence-electron chi connectivity index (χ4n) is 2.83. The second-order valence-electron chi connectivity index (χ2n) is 5.99. The lowest BCUT2D eigenvalue weighted by Gasteiger charge is -2.18. The molecule has 0 saturated carbocycles. The molecule has 1 heterocycles. The van der Waals surface area contributed by atoms with Crippen LogP contribution in [0, 0.1) is 6.92 Å². The number of aryl methyl sites for hydroxylation is 1. The minimum absolute atomic E-state index is 0.0204. The van der Waals surface area contributed by atoms with Crippen LogP contribution in [0.1, 0.15) is 40.0 Å². The average molecular weight is 371 g/mol. The second-order valence-corrected chi connectivity index (χ2v) is 8.30. The Balaban J connectivity index is 1.70. The van der Waals surface area contributed by atoms with Gasteiger partial charge in [0.1, 0.15) is 4.38 Å². The highest BCUT2D eigenvalue weighted by molar-refractivity contribution is 8.38. The third-order valence-electron chi connectivity index (χ3n) is 4.17. The van der Waals surface area contributed by atoms with Crippen LogP contribution in [0.4, 0.5) is 0 Å². The van der Waals surface area contributed by atoms with E-state index in [-0.39, 0.29) is 11.9 Å². The van der Waals surface area contributed by atoms with Crippen molar-refractivity contribution in [2.75, 3.05) is 12.3 Å². The van der Waals surface area contributed by atoms with E-state index in [0.29, 0.717) is 0 Å². The average Bonchev–Trinajstić information content (AvgIpc) is 3.14. The van der Waals surface area contributed by atoms with Crippen LogP contribution in [0.25, 0.3) is 0 Å². The minimum atomic E-state index is -0.0239. The van der Waals surface area contributed by atoms with Crippen LogP contribution in [0.15, 0.2) is 53.5 Å². The highest BCUT2D eigenvalue weighted by Crippen LogP contribution is 2.27. The quantitative estimate of drug-likeness (QED) is 0.820. The van der Waals surface area contributed by atoms with Crippen LogP contribution in [0.3, 0.4) is 0 Å². The van der Waals surface area contributed by atoms with Crippen molar-refractivity contribution in [3.05, 3.63) is 70.8 Å². The summed E-state index contributed by atoms with van der Waals surface area (Å²) in [5, 5.41) is 3.14. The SMILES string of the molecule is Cc1ccccc1C(C)NC(=O)c1ccccc1CSC1=NCCS1. The number of amides is 1. The maximum absolute atomic E-state index is 12.8. The van der Waals surface area contributed by atoms with Gasteiger partial charge in [-0.1, -0.05) is 66.0 Å². The summed E-state index contributed by atoms with van der Waals surface area (Å²) in [6.45, 7) is 5.01. The topological polar surface area (TPSA) is 41.5 Å². The highest BCUT2D eigenvalue weighted by Gasteiger charge is 2.16. The van der Waals surface area contributed by atoms with Crippen molar-refractivity contribution in [3.8, 4) is 0 Å². The first-order valence-corrected chi connectivity index (χ1v) is 10.4. The third kappa shape index (κ3) is 4.67. The Kier molecular flexibility index (Phi) is 6.21. The standard InChI is InChI=1S/C20H22N2OS2/c1-14-7-3-5-9-17(14)15(2)22-19(23)18-10-6-4-8-16(18)13-25-20-21-11-12-24-20/h3-10,15H,11-13H2,1-2H3,(H,22,23). The van der Waals surface area contributed by atoms with Crippen molar-refractivity contribution < 1.29 is 4.79 Å². The number of carbonyl (C=O) groups excluding carboxylic acids is 1. The van der Waals surface area contributed by atoms with Crippen molar-refractivity contribution in [1.29, 1.82) is 0 Å². The minimum Gasteiger partial charge on any atom is -0.345 e. The molecule has 0 saturated heterocycles. The van der Waals surface area contributed by atoms with Crippen LogP contribution < -0.4 is 5.32 Å². The van der Waals surface area contributed by atoms with Gasteiger partial charge >= 0.3 is 0 Å². The number of nitrogens with zero attached hydrogens (tertiary/aromatic N) is 1. The molecular weight excluding hydrogens is 348 g/mol. The number of benzene rings is 2. The lowest BCUT2D eigenvalue weighted by atomic mass is 10.0. The second kappa shape index (κ2) is 8.59. The summed E-state index contributed by atoms with van der Waals surface area (Å²) in [7, 11) is 0. The van der Waals surface area contributed by atoms with E-state index in [9.17, 15) is 4.79 Å². The summed E-state index contributed by atoms with van der Waals surface area (Å²) in [5.74, 6) is 1.82. The van der Waals surface area contributed by atoms with Crippen molar-refractivity contribution in [2.24, 2.45) is 4.99 Å². The Morgan fingerprint density at radius 3 is 2.76 bits per heavy atom. The normalized spacial score (nSPS) is 14.9. The van der Waals surface area contributed by atoms with E-state index in [1.54, 1.807) is 23.5 Å². The van der Waals surface area contributed by atoms with Crippen LogP contribution in [0.2, 0.25) is 0 Å². The molecule has 25 heavy (non-hydrogen) atoms. The van der Waals surface area contributed by atoms with Crippen molar-refractivity contribution in [1.82, 2.24) is 5.32 Å². The molecule has 2 aromatic carbocycles. The molecular formula is C20H22N2OS2. The zero-order chi connectivity index (χ0) is 17.6. The molecule has 1 aliphatic rings. The molecule has 5 heteroatoms. The summed E-state index contributed by atoms with van der Waals surface area (Å²) in [4.78, 5) is 17.3. The Morgan fingerprint density at radius 2 is 2.00 bits per heavy atom. The summed E-state index contributed by atoms with van der Waals surface area (Å²) in [5.41, 5.74) is 4.14. The first-order chi connectivity index (χ1) is 12.1. The lowest BCUT2D eigenvalue weighted by molar-refractivity contribution is 0.0939. The number of thioether (sulfide) groups is 2. The molecule has 0 aliphatic carbocycles. The molecule has 0 spiro atoms. The molecule has 1 aliphatic heterocycles. The van der Waals surface area contributed by atoms with Gasteiger partial charge < -0.3 is 5.32 Å². The van der Waals surface area contributed by atoms with Gasteiger partial charge in [-0.2, -0.15) is 0 Å². The van der Waals surface area contributed by atoms with Gasteiger partial charge in [0.25, 0.3) is 5.91 Å². The van der Waals surface area contributed by atoms with Gasteiger partial charge in [-0.05, 0) is 36.6 Å². The maximum atomic E-state index is 12.8. The highest BCUT2D eigenvalue weighted by atomic mass is 32.2. The van der Waals surface area contributed by atoms with Crippen LogP contribution in [0.5, 0.6) is 0 Å². The van der Waals surface area contributed by atoms with Gasteiger partial charge in [0.15, 0.2) is 0 Å². The van der Waals surface area contributed by atoms with Crippen molar-refractivity contribution in [3.63, 3.8) is 0 Å². The van der Waals surface area contributed by atoms with E-state index >= 15 is 0 Å². The van der Waals surface area contributed by atoms with Crippen LogP contribution >= 0.6 is 23.5 Å². The van der Waals surface area contributed by atoms with Gasteiger partial charge in [-0.3, -0.25) is 9.79 Å². The fourth-order valence-corrected chi connectivity index (χ4v) is 4.85. The Hall–Kier alpha value is -1.72. The van der Waals surface area contributed by atoms with Gasteiger partial charge in [0.05, 0.1) is 12.6 Å². The molecule has 2 aromatic rings. The number of hydrogen-bond donors (Lipinski definition) is 1. The largest absolute Gasteiger partial charge is 0.345 e. The number of carbonyl (C=O) groups is 1. The first kappa shape index (κ1) is 18.1. The molecule has 130 valence electrons. The first-order valence-electron chi connectivity index (χ1n) is 8.39. The van der Waals surface area contributed by atoms with E-state index < -0.39 is 0 Å². The number of hydrogen-bond acceptors (Lipinski definition) is 4. The fraction of sp³-hybridized carbons (Fsp3) is 0.300. The molecule has 1 amide bonds. The molecule has 0 fully saturated rings. The maximum Gasteiger partial charge on any atom is 0.252 e. The monoisotopic (exact) mass is 370 g/mol. The summed E-state index contributed by atoms with van der Waals surface area (Å²) in [6.07, 6.45) is 0. The van der Waals surface area contributed by atoms with Gasteiger partial charge in [-0.15, -0.1) is 0 Å². The van der Waals surface area contributed by atoms with E-state index in [1.807, 2.05) is 43.3 Å². The molecule has 0 aromatic heterocycles. The lowest BCUT2D eigenvalue weighted by Crippen LogP contribution is -2.27. The number of nitrogens with one attached hydrogen (secondary N) is 1. The molecule has 1 atom stereocenters. The van der Waals surface area contributed by atoms with Gasteiger partial charge in [-0.25, -0.2) is 0 Å². The Morgan fingerprint density at radius 1 is 1.24 bits per heavy atom. The summed E-state index contributed by atoms with van der Waals surface area (Å²) >= 11 is 3.52. The Bertz CT molecular complexity index is 789. The molecule has 3 rings (SSSR count). The number of aliphatic imine (C=N–C) groups is 1. The molecule has 0 radical (unpaired) electrons. The van der Waals surface area contributed by atoms with E-state index in [1.165, 1.54) is 5.56 Å².